The summed E-state index contributed by atoms with van der Waals surface area (Å²) in [5, 5.41) is 9.73. The number of carboxylic acids is 1. The third kappa shape index (κ3) is 4.23. The quantitative estimate of drug-likeness (QED) is 0.607. The number of nitrogens with zero attached hydrogens (tertiary/aromatic N) is 1. The summed E-state index contributed by atoms with van der Waals surface area (Å²) in [4.78, 5) is 27.1. The number of amides is 1. The van der Waals surface area contributed by atoms with Crippen LogP contribution in [0.5, 0.6) is 5.75 Å². The van der Waals surface area contributed by atoms with E-state index in [0.717, 1.165) is 16.0 Å². The van der Waals surface area contributed by atoms with Crippen LogP contribution >= 0.6 is 11.3 Å². The number of carboxylic acid groups (broad SMARTS) is 1. The van der Waals surface area contributed by atoms with Crippen LogP contribution in [0.25, 0.3) is 10.4 Å². The van der Waals surface area contributed by atoms with Crippen molar-refractivity contribution in [1.82, 2.24) is 0 Å². The highest BCUT2D eigenvalue weighted by atomic mass is 32.1. The van der Waals surface area contributed by atoms with Gasteiger partial charge in [0.05, 0.1) is 19.3 Å². The van der Waals surface area contributed by atoms with Crippen LogP contribution in [0.3, 0.4) is 0 Å². The topological polar surface area (TPSA) is 66.8 Å². The van der Waals surface area contributed by atoms with Crippen molar-refractivity contribution in [2.24, 2.45) is 0 Å². The summed E-state index contributed by atoms with van der Waals surface area (Å²) in [5.41, 5.74) is 2.21. The second-order valence-corrected chi connectivity index (χ2v) is 7.23. The summed E-state index contributed by atoms with van der Waals surface area (Å²) >= 11 is 1.18. The highest BCUT2D eigenvalue weighted by Gasteiger charge is 2.25. The normalized spacial score (nSPS) is 10.5. The van der Waals surface area contributed by atoms with Gasteiger partial charge >= 0.3 is 5.97 Å². The molecule has 0 fully saturated rings. The highest BCUT2D eigenvalue weighted by Crippen LogP contribution is 2.38. The molecule has 3 rings (SSSR count). The summed E-state index contributed by atoms with van der Waals surface area (Å²) in [6.45, 7) is 2.04. The number of hydrogen-bond donors (Lipinski definition) is 1. The SMILES string of the molecule is CCC(=O)N(Cc1cccc(OC)c1)c1cc(-c2ccccc2)sc1C(=O)O. The average Bonchev–Trinajstić information content (AvgIpc) is 3.18. The van der Waals surface area contributed by atoms with E-state index < -0.39 is 5.97 Å². The number of carbonyl (C=O) groups is 2. The molecule has 0 aliphatic heterocycles. The van der Waals surface area contributed by atoms with Gasteiger partial charge in [0.15, 0.2) is 0 Å². The lowest BCUT2D eigenvalue weighted by atomic mass is 10.1. The smallest absolute Gasteiger partial charge is 0.348 e. The minimum absolute atomic E-state index is 0.136. The first-order valence-electron chi connectivity index (χ1n) is 8.89. The molecular formula is C22H21NO4S. The Hall–Kier alpha value is -3.12. The molecule has 0 spiro atoms. The van der Waals surface area contributed by atoms with E-state index in [0.29, 0.717) is 11.4 Å². The van der Waals surface area contributed by atoms with Gasteiger partial charge in [-0.2, -0.15) is 0 Å². The zero-order chi connectivity index (χ0) is 20.1. The Morgan fingerprint density at radius 2 is 1.82 bits per heavy atom. The molecule has 6 heteroatoms. The number of rotatable bonds is 7. The van der Waals surface area contributed by atoms with Crippen LogP contribution in [0.4, 0.5) is 5.69 Å². The predicted octanol–water partition coefficient (Wildman–Crippen LogP) is 5.07. The lowest BCUT2D eigenvalue weighted by Gasteiger charge is -2.22. The molecular weight excluding hydrogens is 374 g/mol. The van der Waals surface area contributed by atoms with E-state index in [2.05, 4.69) is 0 Å². The number of benzene rings is 2. The third-order valence-corrected chi connectivity index (χ3v) is 5.50. The number of anilines is 1. The van der Waals surface area contributed by atoms with Gasteiger partial charge in [0.2, 0.25) is 5.91 Å². The van der Waals surface area contributed by atoms with E-state index in [-0.39, 0.29) is 23.7 Å². The van der Waals surface area contributed by atoms with Crippen molar-refractivity contribution in [3.8, 4) is 16.2 Å². The van der Waals surface area contributed by atoms with Crippen molar-refractivity contribution in [3.05, 3.63) is 71.1 Å². The Labute approximate surface area is 167 Å². The van der Waals surface area contributed by atoms with E-state index in [1.54, 1.807) is 25.0 Å². The molecule has 5 nitrogen and oxygen atoms in total. The maximum Gasteiger partial charge on any atom is 0.348 e. The zero-order valence-electron chi connectivity index (χ0n) is 15.7. The summed E-state index contributed by atoms with van der Waals surface area (Å²) in [6, 6.07) is 18.8. The molecule has 0 atom stereocenters. The molecule has 28 heavy (non-hydrogen) atoms. The van der Waals surface area contributed by atoms with Gasteiger partial charge in [-0.25, -0.2) is 4.79 Å². The predicted molar refractivity (Wildman–Crippen MR) is 111 cm³/mol. The molecule has 144 valence electrons. The first-order valence-corrected chi connectivity index (χ1v) is 9.71. The summed E-state index contributed by atoms with van der Waals surface area (Å²) in [5.74, 6) is -0.486. The number of carbonyl (C=O) groups excluding carboxylic acids is 1. The lowest BCUT2D eigenvalue weighted by molar-refractivity contribution is -0.118. The van der Waals surface area contributed by atoms with E-state index in [1.165, 1.54) is 11.3 Å². The molecule has 0 aliphatic rings. The molecule has 0 aliphatic carbocycles. The van der Waals surface area contributed by atoms with Gasteiger partial charge in [0, 0.05) is 11.3 Å². The first-order chi connectivity index (χ1) is 13.5. The number of aromatic carboxylic acids is 1. The summed E-state index contributed by atoms with van der Waals surface area (Å²) in [6.07, 6.45) is 0.277. The molecule has 1 amide bonds. The summed E-state index contributed by atoms with van der Waals surface area (Å²) in [7, 11) is 1.58. The van der Waals surface area contributed by atoms with Crippen LogP contribution in [0, 0.1) is 0 Å². The Morgan fingerprint density at radius 1 is 1.07 bits per heavy atom. The molecule has 0 saturated carbocycles. The maximum absolute atomic E-state index is 12.7. The van der Waals surface area contributed by atoms with Gasteiger partial charge < -0.3 is 14.7 Å². The summed E-state index contributed by atoms with van der Waals surface area (Å²) < 4.78 is 5.26. The van der Waals surface area contributed by atoms with Crippen molar-refractivity contribution in [1.29, 1.82) is 0 Å². The van der Waals surface area contributed by atoms with Crippen LogP contribution < -0.4 is 9.64 Å². The van der Waals surface area contributed by atoms with Gasteiger partial charge in [-0.15, -0.1) is 11.3 Å². The molecule has 2 aromatic carbocycles. The van der Waals surface area contributed by atoms with Gasteiger partial charge in [0.1, 0.15) is 10.6 Å². The highest BCUT2D eigenvalue weighted by molar-refractivity contribution is 7.18. The van der Waals surface area contributed by atoms with E-state index in [1.807, 2.05) is 54.6 Å². The van der Waals surface area contributed by atoms with Crippen LogP contribution in [0.1, 0.15) is 28.6 Å². The number of methoxy groups -OCH3 is 1. The molecule has 0 unspecified atom stereocenters. The van der Waals surface area contributed by atoms with Gasteiger partial charge in [-0.1, -0.05) is 49.4 Å². The molecule has 1 heterocycles. The Bertz CT molecular complexity index is 981. The van der Waals surface area contributed by atoms with Gasteiger partial charge in [-0.3, -0.25) is 4.79 Å². The van der Waals surface area contributed by atoms with Crippen molar-refractivity contribution in [3.63, 3.8) is 0 Å². The minimum Gasteiger partial charge on any atom is -0.497 e. The molecule has 1 aromatic heterocycles. The average molecular weight is 395 g/mol. The minimum atomic E-state index is -1.04. The van der Waals surface area contributed by atoms with Crippen molar-refractivity contribution < 1.29 is 19.4 Å². The fourth-order valence-electron chi connectivity index (χ4n) is 2.93. The van der Waals surface area contributed by atoms with Crippen LogP contribution in [0.15, 0.2) is 60.7 Å². The Kier molecular flexibility index (Phi) is 6.11. The van der Waals surface area contributed by atoms with Crippen molar-refractivity contribution in [2.45, 2.75) is 19.9 Å². The molecule has 1 N–H and O–H groups in total. The Balaban J connectivity index is 2.05. The monoisotopic (exact) mass is 395 g/mol. The molecule has 3 aromatic rings. The molecule has 0 saturated heterocycles. The number of thiophene rings is 1. The third-order valence-electron chi connectivity index (χ3n) is 4.33. The largest absolute Gasteiger partial charge is 0.497 e. The zero-order valence-corrected chi connectivity index (χ0v) is 16.5. The van der Waals surface area contributed by atoms with Crippen LogP contribution in [0.2, 0.25) is 0 Å². The second-order valence-electron chi connectivity index (χ2n) is 6.18. The van der Waals surface area contributed by atoms with E-state index in [9.17, 15) is 14.7 Å². The van der Waals surface area contributed by atoms with E-state index in [4.69, 9.17) is 4.74 Å². The van der Waals surface area contributed by atoms with Crippen molar-refractivity contribution in [2.75, 3.05) is 12.0 Å². The van der Waals surface area contributed by atoms with Crippen molar-refractivity contribution >= 4 is 28.9 Å². The van der Waals surface area contributed by atoms with Crippen LogP contribution in [-0.4, -0.2) is 24.1 Å². The Morgan fingerprint density at radius 3 is 2.46 bits per heavy atom. The van der Waals surface area contributed by atoms with Gasteiger partial charge in [0.25, 0.3) is 0 Å². The number of ether oxygens (including phenoxy) is 1. The standard InChI is InChI=1S/C22H21NO4S/c1-3-20(24)23(14-15-8-7-11-17(12-15)27-2)18-13-19(28-21(18)22(25)26)16-9-5-4-6-10-16/h4-13H,3,14H2,1-2H3,(H,25,26). The van der Waals surface area contributed by atoms with E-state index >= 15 is 0 Å². The molecule has 0 radical (unpaired) electrons. The first kappa shape index (κ1) is 19.6. The van der Waals surface area contributed by atoms with Crippen LogP contribution in [-0.2, 0) is 11.3 Å². The fraction of sp³-hybridized carbons (Fsp3) is 0.182. The maximum atomic E-state index is 12.7. The van der Waals surface area contributed by atoms with Gasteiger partial charge in [-0.05, 0) is 29.3 Å². The second kappa shape index (κ2) is 8.71. The number of hydrogen-bond acceptors (Lipinski definition) is 4. The lowest BCUT2D eigenvalue weighted by Crippen LogP contribution is -2.30. The molecule has 0 bridgehead atoms. The fourth-order valence-corrected chi connectivity index (χ4v) is 3.94.